The third-order valence-corrected chi connectivity index (χ3v) is 13.4. The van der Waals surface area contributed by atoms with Crippen LogP contribution in [0.3, 0.4) is 0 Å². The van der Waals surface area contributed by atoms with Crippen molar-refractivity contribution in [1.29, 1.82) is 0 Å². The molecule has 1 heteroatoms. The smallest absolute Gasteiger partial charge is 0.0713 e. The van der Waals surface area contributed by atoms with E-state index < -0.39 is 5.41 Å². The molecule has 0 saturated heterocycles. The molecule has 12 rings (SSSR count). The number of benzene rings is 11. The van der Waals surface area contributed by atoms with Gasteiger partial charge >= 0.3 is 0 Å². The molecule has 300 valence electrons. The Kier molecular flexibility index (Phi) is 9.13. The standard InChI is InChI=1S/C63H43N/c1-3-17-44(18-4-1)46-35-39-52(40-36-46)64(53-41-37-51(38-42-53)63(50-23-5-2-6-24-50)59-30-13-11-26-56(59)57-27-12-14-31-60(57)63)61-32-16-29-58(55-28-15-22-47-20-9-10-25-54(47)55)62(61)49-34-33-45-19-7-8-21-48(45)43-49/h1-43H. The van der Waals surface area contributed by atoms with Gasteiger partial charge in [0.25, 0.3) is 0 Å². The SMILES string of the molecule is c1ccc(-c2ccc(N(c3ccc(C4(c5ccccc5)c5ccccc5-c5ccccc54)cc3)c3cccc(-c4cccc5ccccc45)c3-c3ccc4ccccc4c3)cc2)cc1. The maximum atomic E-state index is 2.46. The van der Waals surface area contributed by atoms with E-state index >= 15 is 0 Å². The van der Waals surface area contributed by atoms with E-state index in [0.29, 0.717) is 0 Å². The molecular formula is C63H43N. The summed E-state index contributed by atoms with van der Waals surface area (Å²) in [5, 5.41) is 4.89. The molecule has 1 aliphatic carbocycles. The Morgan fingerprint density at radius 2 is 0.766 bits per heavy atom. The number of anilines is 3. The Morgan fingerprint density at radius 3 is 1.48 bits per heavy atom. The van der Waals surface area contributed by atoms with Crippen molar-refractivity contribution in [3.05, 3.63) is 283 Å². The summed E-state index contributed by atoms with van der Waals surface area (Å²) in [4.78, 5) is 2.46. The first-order chi connectivity index (χ1) is 31.8. The van der Waals surface area contributed by atoms with E-state index in [0.717, 1.165) is 17.1 Å². The van der Waals surface area contributed by atoms with Gasteiger partial charge in [-0.2, -0.15) is 0 Å². The topological polar surface area (TPSA) is 3.24 Å². The molecule has 11 aromatic carbocycles. The lowest BCUT2D eigenvalue weighted by Crippen LogP contribution is -2.28. The lowest BCUT2D eigenvalue weighted by atomic mass is 9.68. The molecule has 0 unspecified atom stereocenters. The molecule has 0 bridgehead atoms. The molecule has 0 N–H and O–H groups in total. The minimum Gasteiger partial charge on any atom is -0.310 e. The second-order valence-electron chi connectivity index (χ2n) is 16.8. The molecule has 0 fully saturated rings. The first-order valence-electron chi connectivity index (χ1n) is 22.2. The summed E-state index contributed by atoms with van der Waals surface area (Å²) in [6, 6.07) is 96.0. The third kappa shape index (κ3) is 6.08. The second-order valence-corrected chi connectivity index (χ2v) is 16.8. The minimum atomic E-state index is -0.486. The first-order valence-corrected chi connectivity index (χ1v) is 22.2. The van der Waals surface area contributed by atoms with Gasteiger partial charge in [0.1, 0.15) is 0 Å². The highest BCUT2D eigenvalue weighted by molar-refractivity contribution is 6.05. The Bertz CT molecular complexity index is 3430. The van der Waals surface area contributed by atoms with Crippen molar-refractivity contribution < 1.29 is 0 Å². The molecule has 0 atom stereocenters. The van der Waals surface area contributed by atoms with Gasteiger partial charge in [-0.15, -0.1) is 0 Å². The quantitative estimate of drug-likeness (QED) is 0.148. The molecule has 1 aliphatic rings. The normalized spacial score (nSPS) is 12.5. The zero-order valence-corrected chi connectivity index (χ0v) is 35.3. The van der Waals surface area contributed by atoms with Crippen molar-refractivity contribution in [1.82, 2.24) is 0 Å². The van der Waals surface area contributed by atoms with Gasteiger partial charge in [-0.25, -0.2) is 0 Å². The van der Waals surface area contributed by atoms with Crippen LogP contribution in [0.5, 0.6) is 0 Å². The molecule has 0 heterocycles. The Labute approximate surface area is 374 Å². The first kappa shape index (κ1) is 37.5. The van der Waals surface area contributed by atoms with Gasteiger partial charge in [0.05, 0.1) is 11.1 Å². The van der Waals surface area contributed by atoms with E-state index in [1.54, 1.807) is 0 Å². The van der Waals surface area contributed by atoms with Gasteiger partial charge in [-0.05, 0) is 119 Å². The van der Waals surface area contributed by atoms with E-state index in [2.05, 4.69) is 266 Å². The van der Waals surface area contributed by atoms with Crippen LogP contribution in [-0.4, -0.2) is 0 Å². The maximum absolute atomic E-state index is 2.46. The summed E-state index contributed by atoms with van der Waals surface area (Å²) >= 11 is 0. The molecule has 0 aromatic heterocycles. The van der Waals surface area contributed by atoms with Gasteiger partial charge in [0.15, 0.2) is 0 Å². The molecule has 0 aliphatic heterocycles. The van der Waals surface area contributed by atoms with Crippen LogP contribution in [0.4, 0.5) is 17.1 Å². The van der Waals surface area contributed by atoms with Crippen LogP contribution >= 0.6 is 0 Å². The molecule has 1 nitrogen and oxygen atoms in total. The molecule has 0 amide bonds. The average molecular weight is 814 g/mol. The number of rotatable bonds is 8. The average Bonchev–Trinajstić information content (AvgIpc) is 3.68. The lowest BCUT2D eigenvalue weighted by Gasteiger charge is -2.35. The largest absolute Gasteiger partial charge is 0.310 e. The zero-order valence-electron chi connectivity index (χ0n) is 35.3. The van der Waals surface area contributed by atoms with E-state index in [9.17, 15) is 0 Å². The van der Waals surface area contributed by atoms with Crippen molar-refractivity contribution in [2.75, 3.05) is 4.90 Å². The van der Waals surface area contributed by atoms with Crippen LogP contribution in [0, 0.1) is 0 Å². The van der Waals surface area contributed by atoms with Gasteiger partial charge in [-0.1, -0.05) is 224 Å². The van der Waals surface area contributed by atoms with E-state index in [1.165, 1.54) is 88.3 Å². The Morgan fingerprint density at radius 1 is 0.281 bits per heavy atom. The summed E-state index contributed by atoms with van der Waals surface area (Å²) in [5.74, 6) is 0. The number of hydrogen-bond donors (Lipinski definition) is 0. The van der Waals surface area contributed by atoms with Crippen molar-refractivity contribution >= 4 is 38.6 Å². The molecule has 64 heavy (non-hydrogen) atoms. The summed E-state index contributed by atoms with van der Waals surface area (Å²) in [7, 11) is 0. The predicted molar refractivity (Wildman–Crippen MR) is 270 cm³/mol. The van der Waals surface area contributed by atoms with Crippen LogP contribution in [0.25, 0.3) is 66.1 Å². The van der Waals surface area contributed by atoms with Crippen LogP contribution in [-0.2, 0) is 5.41 Å². The van der Waals surface area contributed by atoms with Crippen LogP contribution in [0.15, 0.2) is 261 Å². The number of fused-ring (bicyclic) bond motifs is 5. The third-order valence-electron chi connectivity index (χ3n) is 13.4. The number of nitrogens with zero attached hydrogens (tertiary/aromatic N) is 1. The zero-order chi connectivity index (χ0) is 42.5. The predicted octanol–water partition coefficient (Wildman–Crippen LogP) is 16.8. The monoisotopic (exact) mass is 813 g/mol. The van der Waals surface area contributed by atoms with Crippen molar-refractivity contribution in [2.24, 2.45) is 0 Å². The lowest BCUT2D eigenvalue weighted by molar-refractivity contribution is 0.768. The second kappa shape index (κ2) is 15.6. The summed E-state index contributed by atoms with van der Waals surface area (Å²) in [6.45, 7) is 0. The number of hydrogen-bond acceptors (Lipinski definition) is 1. The van der Waals surface area contributed by atoms with Crippen LogP contribution in [0.2, 0.25) is 0 Å². The summed E-state index contributed by atoms with van der Waals surface area (Å²) in [5.41, 5.74) is 17.6. The van der Waals surface area contributed by atoms with Gasteiger partial charge in [-0.3, -0.25) is 0 Å². The summed E-state index contributed by atoms with van der Waals surface area (Å²) < 4.78 is 0. The van der Waals surface area contributed by atoms with Crippen molar-refractivity contribution in [3.63, 3.8) is 0 Å². The van der Waals surface area contributed by atoms with Gasteiger partial charge in [0.2, 0.25) is 0 Å². The Hall–Kier alpha value is -8.26. The molecule has 0 spiro atoms. The van der Waals surface area contributed by atoms with Crippen LogP contribution < -0.4 is 4.90 Å². The van der Waals surface area contributed by atoms with E-state index in [4.69, 9.17) is 0 Å². The molecular weight excluding hydrogens is 771 g/mol. The highest BCUT2D eigenvalue weighted by atomic mass is 15.1. The fraction of sp³-hybridized carbons (Fsp3) is 0.0159. The van der Waals surface area contributed by atoms with E-state index in [1.807, 2.05) is 0 Å². The minimum absolute atomic E-state index is 0.486. The molecule has 11 aromatic rings. The maximum Gasteiger partial charge on any atom is 0.0713 e. The Balaban J connectivity index is 1.11. The molecule has 0 saturated carbocycles. The summed E-state index contributed by atoms with van der Waals surface area (Å²) in [6.07, 6.45) is 0. The van der Waals surface area contributed by atoms with Crippen LogP contribution in [0.1, 0.15) is 22.3 Å². The van der Waals surface area contributed by atoms with Crippen molar-refractivity contribution in [2.45, 2.75) is 5.41 Å². The van der Waals surface area contributed by atoms with Gasteiger partial charge in [0, 0.05) is 16.9 Å². The fourth-order valence-corrected chi connectivity index (χ4v) is 10.5. The highest BCUT2D eigenvalue weighted by Crippen LogP contribution is 2.56. The van der Waals surface area contributed by atoms with Crippen molar-refractivity contribution in [3.8, 4) is 44.5 Å². The van der Waals surface area contributed by atoms with E-state index in [-0.39, 0.29) is 0 Å². The van der Waals surface area contributed by atoms with Gasteiger partial charge < -0.3 is 4.90 Å². The fourth-order valence-electron chi connectivity index (χ4n) is 10.5. The highest BCUT2D eigenvalue weighted by Gasteiger charge is 2.45. The molecule has 0 radical (unpaired) electrons.